The molecular weight excluding hydrogens is 635 g/mol. The number of likely N-dealkylation sites (tertiary alicyclic amines) is 1. The van der Waals surface area contributed by atoms with E-state index in [-0.39, 0.29) is 35.6 Å². The largest absolute Gasteiger partial charge is 0.380 e. The Morgan fingerprint density at radius 1 is 1.08 bits per heavy atom. The Morgan fingerprint density at radius 2 is 1.92 bits per heavy atom. The molecule has 2 amide bonds. The van der Waals surface area contributed by atoms with Gasteiger partial charge in [-0.15, -0.1) is 0 Å². The number of methoxy groups -OCH3 is 1. The minimum Gasteiger partial charge on any atom is -0.380 e. The molecule has 1 fully saturated rings. The van der Waals surface area contributed by atoms with Gasteiger partial charge in [-0.05, 0) is 75.1 Å². The molecule has 3 N–H and O–H groups in total. The molecule has 2 aliphatic heterocycles. The van der Waals surface area contributed by atoms with E-state index in [1.54, 1.807) is 41.8 Å². The molecule has 0 saturated carbocycles. The van der Waals surface area contributed by atoms with Gasteiger partial charge in [0.1, 0.15) is 22.1 Å². The van der Waals surface area contributed by atoms with Gasteiger partial charge >= 0.3 is 0 Å². The van der Waals surface area contributed by atoms with Crippen LogP contribution in [0.1, 0.15) is 70.8 Å². The van der Waals surface area contributed by atoms with Crippen LogP contribution in [0.4, 0.5) is 4.39 Å². The quantitative estimate of drug-likeness (QED) is 0.252. The molecule has 13 heteroatoms. The minimum atomic E-state index is -0.524. The van der Waals surface area contributed by atoms with E-state index in [4.69, 9.17) is 32.0 Å². The molecule has 1 saturated heterocycles. The standard InChI is InChI=1S/C35H38ClFN8O3/c1-19-25-10-8-20-17-28(45(32(20)41-25)13-6-4-5-7-26-22(34(46)39-19)9-11-30(36)40-26)33-42-27-16-21(15-23(37)31(27)43(33)2)35(47)44-14-12-29(48-3)24(38)18-44/h8-11,15-17,19,24,29H,4-7,12-14,18,38H2,1-3H3,(H,39,46)/t19-,24+,29-/m1/s1. The molecule has 0 aliphatic carbocycles. The predicted octanol–water partition coefficient (Wildman–Crippen LogP) is 5.18. The zero-order valence-corrected chi connectivity index (χ0v) is 27.9. The molecule has 0 unspecified atom stereocenters. The topological polar surface area (TPSA) is 133 Å². The van der Waals surface area contributed by atoms with Crippen molar-refractivity contribution >= 4 is 45.5 Å². The molecule has 4 aromatic heterocycles. The lowest BCUT2D eigenvalue weighted by atomic mass is 10.0. The second-order valence-electron chi connectivity index (χ2n) is 12.8. The molecule has 48 heavy (non-hydrogen) atoms. The molecule has 5 aromatic rings. The van der Waals surface area contributed by atoms with E-state index in [0.717, 1.165) is 36.0 Å². The summed E-state index contributed by atoms with van der Waals surface area (Å²) in [5, 5.41) is 4.33. The third-order valence-electron chi connectivity index (χ3n) is 9.62. The first-order valence-corrected chi connectivity index (χ1v) is 16.7. The van der Waals surface area contributed by atoms with Crippen molar-refractivity contribution in [3.63, 3.8) is 0 Å². The lowest BCUT2D eigenvalue weighted by Gasteiger charge is -2.35. The van der Waals surface area contributed by atoms with Crippen LogP contribution >= 0.6 is 11.6 Å². The fourth-order valence-electron chi connectivity index (χ4n) is 7.02. The number of carbonyl (C=O) groups is 2. The molecule has 0 spiro atoms. The number of benzene rings is 1. The second-order valence-corrected chi connectivity index (χ2v) is 13.1. The second kappa shape index (κ2) is 12.9. The Kier molecular flexibility index (Phi) is 8.65. The number of carbonyl (C=O) groups excluding carboxylic acids is 2. The van der Waals surface area contributed by atoms with Crippen molar-refractivity contribution in [3.05, 3.63) is 75.9 Å². The number of imidazole rings is 1. The van der Waals surface area contributed by atoms with Gasteiger partial charge in [0.15, 0.2) is 5.82 Å². The summed E-state index contributed by atoms with van der Waals surface area (Å²) < 4.78 is 25.1. The van der Waals surface area contributed by atoms with Crippen LogP contribution in [0, 0.1) is 5.82 Å². The molecule has 3 atom stereocenters. The number of pyridine rings is 2. The van der Waals surface area contributed by atoms with E-state index in [0.29, 0.717) is 71.4 Å². The van der Waals surface area contributed by atoms with Crippen molar-refractivity contribution < 1.29 is 18.7 Å². The van der Waals surface area contributed by atoms with Crippen LogP contribution in [0.3, 0.4) is 0 Å². The van der Waals surface area contributed by atoms with Gasteiger partial charge in [0.2, 0.25) is 0 Å². The smallest absolute Gasteiger partial charge is 0.254 e. The average Bonchev–Trinajstić information content (AvgIpc) is 3.60. The summed E-state index contributed by atoms with van der Waals surface area (Å²) in [6.45, 7) is 3.36. The number of aryl methyl sites for hydroxylation is 3. The van der Waals surface area contributed by atoms with Gasteiger partial charge in [0.25, 0.3) is 11.8 Å². The number of ether oxygens (including phenoxy) is 1. The Hall–Kier alpha value is -4.39. The number of rotatable bonds is 3. The lowest BCUT2D eigenvalue weighted by molar-refractivity contribution is 0.0227. The van der Waals surface area contributed by atoms with Crippen molar-refractivity contribution in [2.75, 3.05) is 20.2 Å². The van der Waals surface area contributed by atoms with Crippen molar-refractivity contribution in [1.29, 1.82) is 0 Å². The number of nitrogens with zero attached hydrogens (tertiary/aromatic N) is 6. The van der Waals surface area contributed by atoms with E-state index in [1.807, 2.05) is 25.1 Å². The zero-order valence-electron chi connectivity index (χ0n) is 27.2. The number of nitrogens with two attached hydrogens (primary N) is 1. The summed E-state index contributed by atoms with van der Waals surface area (Å²) in [6, 6.07) is 11.5. The van der Waals surface area contributed by atoms with Crippen LogP contribution in [0.2, 0.25) is 5.15 Å². The molecular formula is C35H38ClFN8O3. The SMILES string of the molecule is CO[C@@H]1CCN(C(=O)c2cc(F)c3c(c2)nc(-c2cc4ccc5nc4n2CCCCCc2nc(Cl)ccc2C(=O)N[C@@H]5C)n3C)C[C@@H]1N. The van der Waals surface area contributed by atoms with Crippen LogP contribution in [-0.2, 0) is 24.8 Å². The van der Waals surface area contributed by atoms with E-state index < -0.39 is 5.82 Å². The number of fused-ring (bicyclic) bond motifs is 3. The first-order valence-electron chi connectivity index (χ1n) is 16.3. The molecule has 2 bridgehead atoms. The van der Waals surface area contributed by atoms with Crippen molar-refractivity contribution in [2.45, 2.75) is 63.8 Å². The molecule has 2 aliphatic rings. The highest BCUT2D eigenvalue weighted by atomic mass is 35.5. The van der Waals surface area contributed by atoms with E-state index in [1.165, 1.54) is 6.07 Å². The van der Waals surface area contributed by atoms with Gasteiger partial charge in [0.05, 0.1) is 40.3 Å². The minimum absolute atomic E-state index is 0.115. The number of aromatic nitrogens is 5. The fraction of sp³-hybridized carbons (Fsp3) is 0.400. The average molecular weight is 673 g/mol. The van der Waals surface area contributed by atoms with Crippen LogP contribution in [0.15, 0.2) is 42.5 Å². The van der Waals surface area contributed by atoms with Gasteiger partial charge < -0.3 is 29.8 Å². The Morgan fingerprint density at radius 3 is 2.71 bits per heavy atom. The fourth-order valence-corrected chi connectivity index (χ4v) is 7.19. The zero-order chi connectivity index (χ0) is 33.7. The lowest BCUT2D eigenvalue weighted by Crippen LogP contribution is -2.53. The number of nitrogens with one attached hydrogen (secondary N) is 1. The first kappa shape index (κ1) is 32.2. The predicted molar refractivity (Wildman–Crippen MR) is 181 cm³/mol. The summed E-state index contributed by atoms with van der Waals surface area (Å²) in [7, 11) is 3.40. The van der Waals surface area contributed by atoms with E-state index in [2.05, 4.69) is 14.9 Å². The Labute approximate surface area is 282 Å². The van der Waals surface area contributed by atoms with Crippen molar-refractivity contribution in [1.82, 2.24) is 34.3 Å². The van der Waals surface area contributed by atoms with E-state index >= 15 is 4.39 Å². The third kappa shape index (κ3) is 5.82. The van der Waals surface area contributed by atoms with Crippen molar-refractivity contribution in [2.24, 2.45) is 12.8 Å². The maximum absolute atomic E-state index is 15.8. The number of hydrogen-bond acceptors (Lipinski definition) is 7. The highest BCUT2D eigenvalue weighted by Crippen LogP contribution is 2.32. The van der Waals surface area contributed by atoms with Gasteiger partial charge in [0, 0.05) is 50.8 Å². The highest BCUT2D eigenvalue weighted by Gasteiger charge is 2.31. The number of hydrogen-bond donors (Lipinski definition) is 2. The Bertz CT molecular complexity index is 2060. The van der Waals surface area contributed by atoms with Gasteiger partial charge in [-0.2, -0.15) is 0 Å². The summed E-state index contributed by atoms with van der Waals surface area (Å²) >= 11 is 6.19. The summed E-state index contributed by atoms with van der Waals surface area (Å²) in [5.41, 5.74) is 10.6. The van der Waals surface area contributed by atoms with Crippen LogP contribution in [0.25, 0.3) is 33.6 Å². The molecule has 0 radical (unpaired) electrons. The monoisotopic (exact) mass is 672 g/mol. The van der Waals surface area contributed by atoms with Crippen LogP contribution in [-0.4, -0.2) is 73.1 Å². The molecule has 11 nitrogen and oxygen atoms in total. The Balaban J connectivity index is 1.25. The first-order chi connectivity index (χ1) is 23.1. The maximum Gasteiger partial charge on any atom is 0.254 e. The van der Waals surface area contributed by atoms with Crippen LogP contribution < -0.4 is 11.1 Å². The molecule has 6 heterocycles. The molecule has 250 valence electrons. The number of amides is 2. The van der Waals surface area contributed by atoms with Gasteiger partial charge in [-0.25, -0.2) is 19.3 Å². The summed E-state index contributed by atoms with van der Waals surface area (Å²) in [4.78, 5) is 42.8. The highest BCUT2D eigenvalue weighted by molar-refractivity contribution is 6.29. The maximum atomic E-state index is 15.8. The summed E-state index contributed by atoms with van der Waals surface area (Å²) in [5.74, 6) is -0.470. The van der Waals surface area contributed by atoms with Gasteiger partial charge in [-0.3, -0.25) is 9.59 Å². The van der Waals surface area contributed by atoms with Crippen molar-refractivity contribution in [3.8, 4) is 11.5 Å². The molecule has 1 aromatic carbocycles. The third-order valence-corrected chi connectivity index (χ3v) is 9.83. The molecule has 7 rings (SSSR count). The number of piperidine rings is 1. The van der Waals surface area contributed by atoms with E-state index in [9.17, 15) is 9.59 Å². The number of halogens is 2. The summed E-state index contributed by atoms with van der Waals surface area (Å²) in [6.07, 6.45) is 3.65. The van der Waals surface area contributed by atoms with Crippen LogP contribution in [0.5, 0.6) is 0 Å². The normalized spacial score (nSPS) is 20.6. The van der Waals surface area contributed by atoms with Gasteiger partial charge in [-0.1, -0.05) is 18.0 Å².